The zero-order valence-electron chi connectivity index (χ0n) is 8.71. The maximum atomic E-state index is 10.8. The van der Waals surface area contributed by atoms with Crippen LogP contribution in [0.25, 0.3) is 0 Å². The zero-order chi connectivity index (χ0) is 11.9. The molecular formula is C10H11BO5-2. The van der Waals surface area contributed by atoms with Gasteiger partial charge in [0.15, 0.2) is 0 Å². The van der Waals surface area contributed by atoms with Crippen molar-refractivity contribution in [1.29, 1.82) is 0 Å². The van der Waals surface area contributed by atoms with Crippen molar-refractivity contribution >= 4 is 12.7 Å². The Morgan fingerprint density at radius 3 is 2.88 bits per heavy atom. The Bertz CT molecular complexity index is 443. The van der Waals surface area contributed by atoms with Gasteiger partial charge in [0.2, 0.25) is 0 Å². The summed E-state index contributed by atoms with van der Waals surface area (Å²) < 4.78 is 4.98. The molecule has 2 N–H and O–H groups in total. The van der Waals surface area contributed by atoms with Crippen LogP contribution in [0.1, 0.15) is 22.8 Å². The molecule has 0 aliphatic carbocycles. The molecule has 6 heteroatoms. The van der Waals surface area contributed by atoms with Crippen molar-refractivity contribution in [2.75, 3.05) is 0 Å². The molecule has 1 aliphatic rings. The number of para-hydroxylation sites is 1. The van der Waals surface area contributed by atoms with E-state index < -0.39 is 18.5 Å². The first-order chi connectivity index (χ1) is 7.42. The van der Waals surface area contributed by atoms with Gasteiger partial charge in [-0.1, -0.05) is 24.9 Å². The highest BCUT2D eigenvalue weighted by Gasteiger charge is 2.36. The molecule has 1 aromatic carbocycles. The molecule has 0 bridgehead atoms. The smallest absolute Gasteiger partial charge is 0.433 e. The normalized spacial score (nSPS) is 22.1. The molecule has 86 valence electrons. The molecule has 0 saturated carbocycles. The van der Waals surface area contributed by atoms with Crippen molar-refractivity contribution in [2.24, 2.45) is 0 Å². The topological polar surface area (TPSA) is 89.8 Å². The SMILES string of the molecule is C[C@@H]1Cc2cccc(C(=O)[O-])c2O[B-]1(O)O. The second-order valence-corrected chi connectivity index (χ2v) is 4.14. The lowest BCUT2D eigenvalue weighted by Crippen LogP contribution is -2.50. The van der Waals surface area contributed by atoms with E-state index in [-0.39, 0.29) is 11.3 Å². The van der Waals surface area contributed by atoms with Crippen LogP contribution in [0.4, 0.5) is 0 Å². The molecule has 1 heterocycles. The number of fused-ring (bicyclic) bond motifs is 1. The van der Waals surface area contributed by atoms with Crippen LogP contribution >= 0.6 is 0 Å². The molecular weight excluding hydrogens is 211 g/mol. The average Bonchev–Trinajstić information content (AvgIpc) is 2.18. The molecule has 0 spiro atoms. The Labute approximate surface area is 92.3 Å². The Hall–Kier alpha value is -1.53. The minimum atomic E-state index is -3.00. The van der Waals surface area contributed by atoms with Gasteiger partial charge >= 0.3 is 6.75 Å². The quantitative estimate of drug-likeness (QED) is 0.613. The number of carboxylic acids is 1. The highest BCUT2D eigenvalue weighted by molar-refractivity contribution is 6.60. The first kappa shape index (κ1) is 11.0. The van der Waals surface area contributed by atoms with Gasteiger partial charge in [-0.25, -0.2) is 0 Å². The molecule has 0 fully saturated rings. The van der Waals surface area contributed by atoms with E-state index in [9.17, 15) is 19.9 Å². The number of carbonyl (C=O) groups excluding carboxylic acids is 1. The third-order valence-electron chi connectivity index (χ3n) is 2.89. The average molecular weight is 222 g/mol. The third-order valence-corrected chi connectivity index (χ3v) is 2.89. The predicted octanol–water partition coefficient (Wildman–Crippen LogP) is -0.701. The number of carboxylic acid groups (broad SMARTS) is 1. The third kappa shape index (κ3) is 1.66. The Kier molecular flexibility index (Phi) is 2.40. The molecule has 1 aliphatic heterocycles. The monoisotopic (exact) mass is 222 g/mol. The van der Waals surface area contributed by atoms with Crippen LogP contribution in [0.15, 0.2) is 18.2 Å². The van der Waals surface area contributed by atoms with Crippen LogP contribution in [0, 0.1) is 0 Å². The molecule has 0 unspecified atom stereocenters. The number of benzene rings is 1. The van der Waals surface area contributed by atoms with Crippen LogP contribution in [-0.2, 0) is 6.42 Å². The van der Waals surface area contributed by atoms with Gasteiger partial charge in [0.05, 0.1) is 11.7 Å². The van der Waals surface area contributed by atoms with E-state index in [1.165, 1.54) is 6.07 Å². The van der Waals surface area contributed by atoms with Gasteiger partial charge in [0.1, 0.15) is 0 Å². The number of hydrogen-bond donors (Lipinski definition) is 2. The van der Waals surface area contributed by atoms with E-state index in [1.54, 1.807) is 19.1 Å². The maximum Gasteiger partial charge on any atom is 0.433 e. The molecule has 16 heavy (non-hydrogen) atoms. The van der Waals surface area contributed by atoms with E-state index in [2.05, 4.69) is 0 Å². The molecule has 1 aromatic rings. The van der Waals surface area contributed by atoms with Crippen molar-refractivity contribution in [3.8, 4) is 5.75 Å². The van der Waals surface area contributed by atoms with Crippen molar-refractivity contribution < 1.29 is 24.6 Å². The lowest BCUT2D eigenvalue weighted by atomic mass is 9.60. The fraction of sp³-hybridized carbons (Fsp3) is 0.300. The number of carbonyl (C=O) groups is 1. The van der Waals surface area contributed by atoms with Gasteiger partial charge in [0, 0.05) is 5.56 Å². The zero-order valence-corrected chi connectivity index (χ0v) is 8.71. The molecule has 2 rings (SSSR count). The first-order valence-electron chi connectivity index (χ1n) is 5.03. The summed E-state index contributed by atoms with van der Waals surface area (Å²) in [6, 6.07) is 4.59. The summed E-state index contributed by atoms with van der Waals surface area (Å²) in [5.41, 5.74) is 0.494. The highest BCUT2D eigenvalue weighted by atomic mass is 16.6. The highest BCUT2D eigenvalue weighted by Crippen LogP contribution is 2.37. The van der Waals surface area contributed by atoms with Crippen molar-refractivity contribution in [2.45, 2.75) is 19.2 Å². The fourth-order valence-corrected chi connectivity index (χ4v) is 1.84. The van der Waals surface area contributed by atoms with Gasteiger partial charge < -0.3 is 24.6 Å². The fourth-order valence-electron chi connectivity index (χ4n) is 1.84. The summed E-state index contributed by atoms with van der Waals surface area (Å²) >= 11 is 0. The summed E-state index contributed by atoms with van der Waals surface area (Å²) in [5, 5.41) is 30.0. The summed E-state index contributed by atoms with van der Waals surface area (Å²) in [4.78, 5) is 10.8. The second-order valence-electron chi connectivity index (χ2n) is 4.14. The summed E-state index contributed by atoms with van der Waals surface area (Å²) in [6.45, 7) is -1.37. The van der Waals surface area contributed by atoms with Gasteiger partial charge in [-0.3, -0.25) is 0 Å². The lowest BCUT2D eigenvalue weighted by molar-refractivity contribution is -0.255. The summed E-state index contributed by atoms with van der Waals surface area (Å²) in [7, 11) is 0. The number of rotatable bonds is 1. The van der Waals surface area contributed by atoms with E-state index in [4.69, 9.17) is 4.65 Å². The number of aromatic carboxylic acids is 1. The first-order valence-corrected chi connectivity index (χ1v) is 5.03. The largest absolute Gasteiger partial charge is 0.669 e. The Balaban J connectivity index is 2.52. The van der Waals surface area contributed by atoms with Gasteiger partial charge in [0.25, 0.3) is 0 Å². The lowest BCUT2D eigenvalue weighted by Gasteiger charge is -2.42. The standard InChI is InChI=1S/C10H12BO5/c1-6-5-7-3-2-4-8(10(12)13)9(7)16-11(6,14)15/h2-4,6,14-15H,5H2,1H3,(H,12,13)/q-1/p-1/t6-/m1/s1. The Morgan fingerprint density at radius 2 is 2.25 bits per heavy atom. The Morgan fingerprint density at radius 1 is 1.56 bits per heavy atom. The van der Waals surface area contributed by atoms with Crippen molar-refractivity contribution in [3.63, 3.8) is 0 Å². The van der Waals surface area contributed by atoms with Crippen LogP contribution in [-0.4, -0.2) is 22.8 Å². The minimum absolute atomic E-state index is 0.00519. The maximum absolute atomic E-state index is 10.8. The molecule has 0 saturated heterocycles. The molecule has 0 aromatic heterocycles. The van der Waals surface area contributed by atoms with Crippen molar-refractivity contribution in [3.05, 3.63) is 29.3 Å². The van der Waals surface area contributed by atoms with E-state index >= 15 is 0 Å². The minimum Gasteiger partial charge on any atom is -0.669 e. The van der Waals surface area contributed by atoms with E-state index in [0.29, 0.717) is 12.0 Å². The van der Waals surface area contributed by atoms with Crippen LogP contribution < -0.4 is 9.76 Å². The van der Waals surface area contributed by atoms with Gasteiger partial charge in [-0.05, 0) is 18.1 Å². The summed E-state index contributed by atoms with van der Waals surface area (Å²) in [6.07, 6.45) is 0.365. The molecule has 0 radical (unpaired) electrons. The molecule has 1 atom stereocenters. The van der Waals surface area contributed by atoms with E-state index in [1.807, 2.05) is 0 Å². The number of hydrogen-bond acceptors (Lipinski definition) is 5. The van der Waals surface area contributed by atoms with Gasteiger partial charge in [-0.2, -0.15) is 0 Å². The summed E-state index contributed by atoms with van der Waals surface area (Å²) in [5.74, 6) is -1.85. The molecule has 0 amide bonds. The molecule has 5 nitrogen and oxygen atoms in total. The van der Waals surface area contributed by atoms with Crippen LogP contribution in [0.5, 0.6) is 5.75 Å². The van der Waals surface area contributed by atoms with Crippen molar-refractivity contribution in [1.82, 2.24) is 0 Å². The van der Waals surface area contributed by atoms with E-state index in [0.717, 1.165) is 0 Å². The second kappa shape index (κ2) is 3.50. The predicted molar refractivity (Wildman–Crippen MR) is 54.7 cm³/mol. The van der Waals surface area contributed by atoms with Gasteiger partial charge in [-0.15, -0.1) is 0 Å². The van der Waals surface area contributed by atoms with Crippen LogP contribution in [0.2, 0.25) is 5.82 Å². The van der Waals surface area contributed by atoms with Crippen LogP contribution in [0.3, 0.4) is 0 Å².